The third-order valence-corrected chi connectivity index (χ3v) is 7.41. The van der Waals surface area contributed by atoms with Gasteiger partial charge in [0.25, 0.3) is 11.5 Å². The van der Waals surface area contributed by atoms with Crippen molar-refractivity contribution in [2.75, 3.05) is 7.11 Å². The first-order chi connectivity index (χ1) is 19.0. The van der Waals surface area contributed by atoms with Gasteiger partial charge in [0, 0.05) is 9.35 Å². The summed E-state index contributed by atoms with van der Waals surface area (Å²) in [4.78, 5) is 31.4. The lowest BCUT2D eigenvalue weighted by Crippen LogP contribution is -2.29. The lowest BCUT2D eigenvalue weighted by atomic mass is 10.2. The Balaban J connectivity index is 1.21. The summed E-state index contributed by atoms with van der Waals surface area (Å²) in [5, 5.41) is 4.50. The Bertz CT molecular complexity index is 1700. The molecule has 1 N–H and O–H groups in total. The monoisotopic (exact) mass is 602 g/mol. The number of aromatic nitrogens is 2. The number of rotatable bonds is 9. The van der Waals surface area contributed by atoms with Gasteiger partial charge >= 0.3 is 0 Å². The molecular formula is C29H23BrN4O4S. The highest BCUT2D eigenvalue weighted by Crippen LogP contribution is 2.31. The molecule has 0 spiro atoms. The number of carbonyl (C=O) groups is 1. The molecule has 1 amide bonds. The second-order valence-electron chi connectivity index (χ2n) is 8.49. The summed E-state index contributed by atoms with van der Waals surface area (Å²) in [6.45, 7) is 0.188. The number of ether oxygens (including phenoxy) is 2. The van der Waals surface area contributed by atoms with Crippen molar-refractivity contribution in [2.24, 2.45) is 5.10 Å². The first-order valence-electron chi connectivity index (χ1n) is 11.9. The average molecular weight is 603 g/mol. The van der Waals surface area contributed by atoms with Crippen LogP contribution in [0, 0.1) is 0 Å². The number of thiophene rings is 1. The third-order valence-electron chi connectivity index (χ3n) is 5.79. The quantitative estimate of drug-likeness (QED) is 0.174. The molecule has 0 saturated heterocycles. The van der Waals surface area contributed by atoms with Gasteiger partial charge in [-0.1, -0.05) is 58.4 Å². The van der Waals surface area contributed by atoms with Gasteiger partial charge in [0.2, 0.25) is 0 Å². The number of amides is 1. The average Bonchev–Trinajstić information content (AvgIpc) is 3.40. The minimum atomic E-state index is -0.450. The van der Waals surface area contributed by atoms with Crippen molar-refractivity contribution in [1.82, 2.24) is 15.0 Å². The Kier molecular flexibility index (Phi) is 8.14. The first kappa shape index (κ1) is 26.3. The molecule has 0 atom stereocenters. The molecule has 2 heterocycles. The lowest BCUT2D eigenvalue weighted by Gasteiger charge is -2.11. The van der Waals surface area contributed by atoms with E-state index in [1.54, 1.807) is 25.3 Å². The summed E-state index contributed by atoms with van der Waals surface area (Å²) in [6, 6.07) is 24.8. The van der Waals surface area contributed by atoms with Gasteiger partial charge in [-0.25, -0.2) is 10.4 Å². The second-order valence-corrected chi connectivity index (χ2v) is 10.4. The minimum Gasteiger partial charge on any atom is -0.493 e. The van der Waals surface area contributed by atoms with Crippen molar-refractivity contribution in [3.8, 4) is 21.9 Å². The van der Waals surface area contributed by atoms with E-state index in [1.165, 1.54) is 28.4 Å². The number of benzene rings is 3. The van der Waals surface area contributed by atoms with E-state index in [9.17, 15) is 9.59 Å². The topological polar surface area (TPSA) is 94.8 Å². The number of hydrogen-bond acceptors (Lipinski definition) is 7. The van der Waals surface area contributed by atoms with E-state index in [0.717, 1.165) is 20.5 Å². The summed E-state index contributed by atoms with van der Waals surface area (Å²) < 4.78 is 13.6. The van der Waals surface area contributed by atoms with Crippen LogP contribution in [0.25, 0.3) is 20.7 Å². The number of carbonyl (C=O) groups excluding carboxylic acids is 1. The number of hydrogen-bond donors (Lipinski definition) is 1. The van der Waals surface area contributed by atoms with Crippen LogP contribution in [0.1, 0.15) is 11.1 Å². The molecule has 0 aliphatic rings. The van der Waals surface area contributed by atoms with E-state index in [1.807, 2.05) is 60.7 Å². The molecule has 0 bridgehead atoms. The maximum absolute atomic E-state index is 12.9. The van der Waals surface area contributed by atoms with Gasteiger partial charge in [-0.05, 0) is 53.1 Å². The number of fused-ring (bicyclic) bond motifs is 1. The van der Waals surface area contributed by atoms with Gasteiger partial charge in [-0.2, -0.15) is 5.10 Å². The number of halogens is 1. The molecule has 196 valence electrons. The Morgan fingerprint density at radius 1 is 1.08 bits per heavy atom. The van der Waals surface area contributed by atoms with Gasteiger partial charge < -0.3 is 9.47 Å². The highest BCUT2D eigenvalue weighted by Gasteiger charge is 2.12. The van der Waals surface area contributed by atoms with Crippen molar-refractivity contribution in [3.63, 3.8) is 0 Å². The second kappa shape index (κ2) is 12.1. The molecule has 5 rings (SSSR count). The summed E-state index contributed by atoms with van der Waals surface area (Å²) >= 11 is 4.86. The summed E-state index contributed by atoms with van der Waals surface area (Å²) in [5.74, 6) is 0.682. The Morgan fingerprint density at radius 3 is 2.64 bits per heavy atom. The SMILES string of the molecule is COc1cc(/C=N/NC(=O)Cn2cnc3sc(-c4ccccc4)cc3c2=O)ccc1OCc1ccc(Br)cc1. The maximum atomic E-state index is 12.9. The van der Waals surface area contributed by atoms with E-state index in [-0.39, 0.29) is 12.1 Å². The standard InChI is InChI=1S/C29H23BrN4O4S/c1-37-25-13-20(9-12-24(25)38-17-19-7-10-22(30)11-8-19)15-32-33-27(35)16-34-18-31-28-23(29(34)36)14-26(39-28)21-5-3-2-4-6-21/h2-15,18H,16-17H2,1H3,(H,33,35)/b32-15+. The van der Waals surface area contributed by atoms with Crippen LogP contribution in [-0.2, 0) is 17.9 Å². The molecule has 5 aromatic rings. The Hall–Kier alpha value is -4.28. The summed E-state index contributed by atoms with van der Waals surface area (Å²) in [6.07, 6.45) is 2.88. The zero-order valence-corrected chi connectivity index (χ0v) is 23.2. The van der Waals surface area contributed by atoms with Crippen molar-refractivity contribution < 1.29 is 14.3 Å². The fraction of sp³-hybridized carbons (Fsp3) is 0.103. The normalized spacial score (nSPS) is 11.1. The molecule has 0 aliphatic heterocycles. The van der Waals surface area contributed by atoms with Gasteiger partial charge in [-0.15, -0.1) is 11.3 Å². The number of hydrazone groups is 1. The van der Waals surface area contributed by atoms with Crippen LogP contribution < -0.4 is 20.5 Å². The van der Waals surface area contributed by atoms with Crippen LogP contribution in [0.15, 0.2) is 99.6 Å². The highest BCUT2D eigenvalue weighted by molar-refractivity contribution is 9.10. The molecule has 8 nitrogen and oxygen atoms in total. The number of nitrogens with one attached hydrogen (secondary N) is 1. The predicted molar refractivity (Wildman–Crippen MR) is 157 cm³/mol. The zero-order chi connectivity index (χ0) is 27.2. The molecule has 0 fully saturated rings. The zero-order valence-electron chi connectivity index (χ0n) is 20.8. The predicted octanol–water partition coefficient (Wildman–Crippen LogP) is 5.63. The molecule has 10 heteroatoms. The van der Waals surface area contributed by atoms with Crippen LogP contribution in [0.4, 0.5) is 0 Å². The van der Waals surface area contributed by atoms with Crippen LogP contribution in [0.3, 0.4) is 0 Å². The minimum absolute atomic E-state index is 0.207. The van der Waals surface area contributed by atoms with E-state index in [2.05, 4.69) is 31.4 Å². The number of methoxy groups -OCH3 is 1. The van der Waals surface area contributed by atoms with Crippen LogP contribution in [0.2, 0.25) is 0 Å². The van der Waals surface area contributed by atoms with Gasteiger partial charge in [-0.3, -0.25) is 14.2 Å². The van der Waals surface area contributed by atoms with Crippen molar-refractivity contribution in [1.29, 1.82) is 0 Å². The van der Waals surface area contributed by atoms with E-state index in [4.69, 9.17) is 9.47 Å². The lowest BCUT2D eigenvalue weighted by molar-refractivity contribution is -0.121. The largest absolute Gasteiger partial charge is 0.493 e. The third kappa shape index (κ3) is 6.42. The van der Waals surface area contributed by atoms with Crippen molar-refractivity contribution in [3.05, 3.63) is 111 Å². The molecule has 2 aromatic heterocycles. The van der Waals surface area contributed by atoms with Crippen LogP contribution >= 0.6 is 27.3 Å². The van der Waals surface area contributed by atoms with Gasteiger partial charge in [0.15, 0.2) is 11.5 Å². The molecule has 39 heavy (non-hydrogen) atoms. The fourth-order valence-corrected chi connectivity index (χ4v) is 5.07. The Morgan fingerprint density at radius 2 is 1.87 bits per heavy atom. The Labute approximate surface area is 236 Å². The molecular weight excluding hydrogens is 580 g/mol. The molecule has 0 saturated carbocycles. The maximum Gasteiger partial charge on any atom is 0.262 e. The fourth-order valence-electron chi connectivity index (χ4n) is 3.81. The molecule has 0 unspecified atom stereocenters. The van der Waals surface area contributed by atoms with E-state index in [0.29, 0.717) is 33.9 Å². The smallest absolute Gasteiger partial charge is 0.262 e. The van der Waals surface area contributed by atoms with Crippen molar-refractivity contribution in [2.45, 2.75) is 13.2 Å². The highest BCUT2D eigenvalue weighted by atomic mass is 79.9. The van der Waals surface area contributed by atoms with Crippen LogP contribution in [-0.4, -0.2) is 28.8 Å². The summed E-state index contributed by atoms with van der Waals surface area (Å²) in [5.41, 5.74) is 4.92. The van der Waals surface area contributed by atoms with E-state index >= 15 is 0 Å². The molecule has 0 radical (unpaired) electrons. The van der Waals surface area contributed by atoms with E-state index < -0.39 is 5.91 Å². The first-order valence-corrected chi connectivity index (χ1v) is 13.5. The van der Waals surface area contributed by atoms with Gasteiger partial charge in [0.1, 0.15) is 18.0 Å². The molecule has 3 aromatic carbocycles. The van der Waals surface area contributed by atoms with Gasteiger partial charge in [0.05, 0.1) is 25.0 Å². The summed E-state index contributed by atoms with van der Waals surface area (Å²) in [7, 11) is 1.56. The van der Waals surface area contributed by atoms with Crippen LogP contribution in [0.5, 0.6) is 11.5 Å². The number of nitrogens with zero attached hydrogens (tertiary/aromatic N) is 3. The molecule has 0 aliphatic carbocycles. The van der Waals surface area contributed by atoms with Crippen molar-refractivity contribution >= 4 is 49.6 Å².